The first-order chi connectivity index (χ1) is 14.3. The lowest BCUT2D eigenvalue weighted by molar-refractivity contribution is 0.814. The summed E-state index contributed by atoms with van der Waals surface area (Å²) in [6.45, 7) is 0.734. The third-order valence-corrected chi connectivity index (χ3v) is 6.11. The Kier molecular flexibility index (Phi) is 4.92. The number of benzene rings is 3. The molecule has 0 amide bonds. The molecule has 0 unspecified atom stereocenters. The molecule has 0 aliphatic carbocycles. The second-order valence-electron chi connectivity index (χ2n) is 6.74. The molecule has 5 rings (SSSR count). The molecule has 4 nitrogen and oxygen atoms in total. The molecule has 2 heterocycles. The summed E-state index contributed by atoms with van der Waals surface area (Å²) < 4.78 is 2.22. The van der Waals surface area contributed by atoms with E-state index in [1.165, 1.54) is 5.56 Å². The average Bonchev–Trinajstić information content (AvgIpc) is 3.07. The molecule has 0 saturated carbocycles. The smallest absolute Gasteiger partial charge is 0.211 e. The van der Waals surface area contributed by atoms with E-state index < -0.39 is 0 Å². The quantitative estimate of drug-likeness (QED) is 0.331. The summed E-state index contributed by atoms with van der Waals surface area (Å²) in [6.07, 6.45) is 0. The van der Waals surface area contributed by atoms with E-state index in [1.54, 1.807) is 11.8 Å². The van der Waals surface area contributed by atoms with Gasteiger partial charge < -0.3 is 4.57 Å². The molecule has 0 aliphatic heterocycles. The molecule has 5 aromatic rings. The van der Waals surface area contributed by atoms with Gasteiger partial charge >= 0.3 is 0 Å². The highest BCUT2D eigenvalue weighted by Crippen LogP contribution is 2.29. The Balaban J connectivity index is 1.56. The molecule has 142 valence electrons. The van der Waals surface area contributed by atoms with Crippen molar-refractivity contribution in [2.45, 2.75) is 17.5 Å². The largest absolute Gasteiger partial charge is 0.319 e. The zero-order chi connectivity index (χ0) is 19.6. The highest BCUT2D eigenvalue weighted by Gasteiger charge is 2.15. The summed E-state index contributed by atoms with van der Waals surface area (Å²) >= 11 is 7.83. The van der Waals surface area contributed by atoms with Gasteiger partial charge in [0.15, 0.2) is 5.65 Å². The van der Waals surface area contributed by atoms with Crippen LogP contribution in [0, 0.1) is 0 Å². The van der Waals surface area contributed by atoms with E-state index >= 15 is 0 Å². The Bertz CT molecular complexity index is 1300. The number of halogens is 1. The van der Waals surface area contributed by atoms with Gasteiger partial charge in [0.2, 0.25) is 5.16 Å². The summed E-state index contributed by atoms with van der Waals surface area (Å²) in [5.74, 6) is 0.700. The van der Waals surface area contributed by atoms with Crippen LogP contribution in [0.15, 0.2) is 84.0 Å². The molecule has 0 spiro atoms. The summed E-state index contributed by atoms with van der Waals surface area (Å²) in [5, 5.41) is 11.4. The minimum Gasteiger partial charge on any atom is -0.319 e. The van der Waals surface area contributed by atoms with Crippen molar-refractivity contribution in [2.75, 3.05) is 0 Å². The molecular weight excluding hydrogens is 400 g/mol. The van der Waals surface area contributed by atoms with Crippen LogP contribution in [0.1, 0.15) is 11.1 Å². The lowest BCUT2D eigenvalue weighted by Gasteiger charge is -2.07. The van der Waals surface area contributed by atoms with Gasteiger partial charge in [0.25, 0.3) is 0 Å². The fourth-order valence-electron chi connectivity index (χ4n) is 3.43. The molecule has 2 aromatic heterocycles. The van der Waals surface area contributed by atoms with Crippen molar-refractivity contribution in [3.8, 4) is 0 Å². The molecule has 0 saturated heterocycles. The van der Waals surface area contributed by atoms with Crippen LogP contribution in [-0.2, 0) is 12.3 Å². The highest BCUT2D eigenvalue weighted by molar-refractivity contribution is 7.98. The van der Waals surface area contributed by atoms with Crippen LogP contribution in [0.5, 0.6) is 0 Å². The van der Waals surface area contributed by atoms with Crippen molar-refractivity contribution < 1.29 is 0 Å². The van der Waals surface area contributed by atoms with E-state index in [2.05, 4.69) is 51.2 Å². The van der Waals surface area contributed by atoms with Gasteiger partial charge in [-0.15, -0.1) is 10.2 Å². The monoisotopic (exact) mass is 416 g/mol. The van der Waals surface area contributed by atoms with Gasteiger partial charge in [-0.3, -0.25) is 0 Å². The molecule has 0 bridgehead atoms. The number of para-hydroxylation sites is 1. The zero-order valence-corrected chi connectivity index (χ0v) is 17.1. The Labute approximate surface area is 177 Å². The maximum atomic E-state index is 6.28. The zero-order valence-electron chi connectivity index (χ0n) is 15.5. The van der Waals surface area contributed by atoms with E-state index in [-0.39, 0.29) is 0 Å². The number of fused-ring (bicyclic) bond motifs is 3. The topological polar surface area (TPSA) is 43.6 Å². The van der Waals surface area contributed by atoms with Crippen molar-refractivity contribution in [1.29, 1.82) is 0 Å². The van der Waals surface area contributed by atoms with E-state index in [0.29, 0.717) is 10.9 Å². The van der Waals surface area contributed by atoms with Gasteiger partial charge in [-0.1, -0.05) is 90.1 Å². The van der Waals surface area contributed by atoms with E-state index in [4.69, 9.17) is 16.6 Å². The highest BCUT2D eigenvalue weighted by atomic mass is 35.5. The number of hydrogen-bond donors (Lipinski definition) is 0. The number of hydrogen-bond acceptors (Lipinski definition) is 4. The number of nitrogens with zero attached hydrogens (tertiary/aromatic N) is 4. The molecule has 0 aliphatic rings. The first kappa shape index (κ1) is 18.2. The predicted molar refractivity (Wildman–Crippen MR) is 119 cm³/mol. The molecule has 3 aromatic carbocycles. The van der Waals surface area contributed by atoms with Crippen LogP contribution >= 0.6 is 23.4 Å². The normalized spacial score (nSPS) is 11.3. The van der Waals surface area contributed by atoms with Gasteiger partial charge in [0, 0.05) is 22.7 Å². The van der Waals surface area contributed by atoms with Crippen molar-refractivity contribution in [3.63, 3.8) is 0 Å². The van der Waals surface area contributed by atoms with E-state index in [1.807, 2.05) is 42.5 Å². The lowest BCUT2D eigenvalue weighted by atomic mass is 10.2. The maximum absolute atomic E-state index is 6.28. The number of rotatable bonds is 5. The van der Waals surface area contributed by atoms with E-state index in [0.717, 1.165) is 39.2 Å². The second-order valence-corrected chi connectivity index (χ2v) is 8.09. The fraction of sp³-hybridized carbons (Fsp3) is 0.0870. The maximum Gasteiger partial charge on any atom is 0.211 e. The minimum atomic E-state index is 0.648. The summed E-state index contributed by atoms with van der Waals surface area (Å²) in [7, 11) is 0. The fourth-order valence-corrected chi connectivity index (χ4v) is 4.50. The second kappa shape index (κ2) is 7.85. The molecule has 0 fully saturated rings. The minimum absolute atomic E-state index is 0.648. The van der Waals surface area contributed by atoms with Gasteiger partial charge in [0.1, 0.15) is 5.52 Å². The average molecular weight is 417 g/mol. The molecule has 0 atom stereocenters. The van der Waals surface area contributed by atoms with Gasteiger partial charge in [-0.25, -0.2) is 4.98 Å². The van der Waals surface area contributed by atoms with Crippen LogP contribution in [0.3, 0.4) is 0 Å². The Morgan fingerprint density at radius 1 is 0.828 bits per heavy atom. The number of thioether (sulfide) groups is 1. The van der Waals surface area contributed by atoms with Crippen LogP contribution in [0.25, 0.3) is 22.1 Å². The van der Waals surface area contributed by atoms with Crippen molar-refractivity contribution in [1.82, 2.24) is 19.7 Å². The van der Waals surface area contributed by atoms with Crippen LogP contribution in [0.4, 0.5) is 0 Å². The van der Waals surface area contributed by atoms with Gasteiger partial charge in [-0.2, -0.15) is 0 Å². The Morgan fingerprint density at radius 3 is 2.45 bits per heavy atom. The van der Waals surface area contributed by atoms with Crippen LogP contribution in [-0.4, -0.2) is 19.7 Å². The molecule has 6 heteroatoms. The lowest BCUT2D eigenvalue weighted by Crippen LogP contribution is -2.02. The SMILES string of the molecule is Clc1ccccc1CSc1nnc2c3ccccc3n(Cc3ccccc3)c2n1. The van der Waals surface area contributed by atoms with Crippen molar-refractivity contribution in [3.05, 3.63) is 95.0 Å². The molecule has 0 N–H and O–H groups in total. The molecule has 0 radical (unpaired) electrons. The Hall–Kier alpha value is -2.89. The van der Waals surface area contributed by atoms with Crippen LogP contribution in [0.2, 0.25) is 5.02 Å². The molecule has 29 heavy (non-hydrogen) atoms. The van der Waals surface area contributed by atoms with Crippen LogP contribution < -0.4 is 0 Å². The predicted octanol–water partition coefficient (Wildman–Crippen LogP) is 5.97. The van der Waals surface area contributed by atoms with Crippen molar-refractivity contribution >= 4 is 45.4 Å². The standard InChI is InChI=1S/C23H17ClN4S/c24-19-12-6-4-10-17(19)15-29-23-25-22-21(26-27-23)18-11-5-7-13-20(18)28(22)14-16-8-2-1-3-9-16/h1-13H,14-15H2. The van der Waals surface area contributed by atoms with Gasteiger partial charge in [0.05, 0.1) is 5.52 Å². The Morgan fingerprint density at radius 2 is 1.59 bits per heavy atom. The van der Waals surface area contributed by atoms with Crippen molar-refractivity contribution in [2.24, 2.45) is 0 Å². The third-order valence-electron chi connectivity index (χ3n) is 4.85. The summed E-state index contributed by atoms with van der Waals surface area (Å²) in [5.41, 5.74) is 5.08. The summed E-state index contributed by atoms with van der Waals surface area (Å²) in [6, 6.07) is 26.5. The molecular formula is C23H17ClN4S. The van der Waals surface area contributed by atoms with E-state index in [9.17, 15) is 0 Å². The third kappa shape index (κ3) is 3.59. The number of aromatic nitrogens is 4. The first-order valence-corrected chi connectivity index (χ1v) is 10.7. The summed E-state index contributed by atoms with van der Waals surface area (Å²) in [4.78, 5) is 4.86. The van der Waals surface area contributed by atoms with Gasteiger partial charge in [-0.05, 0) is 23.3 Å². The first-order valence-electron chi connectivity index (χ1n) is 9.31.